The van der Waals surface area contributed by atoms with Gasteiger partial charge in [0.15, 0.2) is 5.96 Å². The van der Waals surface area contributed by atoms with E-state index in [1.54, 1.807) is 7.11 Å². The van der Waals surface area contributed by atoms with Crippen molar-refractivity contribution in [3.05, 3.63) is 24.3 Å². The van der Waals surface area contributed by atoms with Crippen LogP contribution in [-0.4, -0.2) is 62.2 Å². The molecule has 170 valence electrons. The number of ether oxygens (including phenoxy) is 2. The van der Waals surface area contributed by atoms with Crippen LogP contribution in [0, 0.1) is 0 Å². The topological polar surface area (TPSA) is 75.2 Å². The molecule has 0 spiro atoms. The van der Waals surface area contributed by atoms with Crippen LogP contribution in [0.3, 0.4) is 0 Å². The molecular weight excluding hydrogens is 495 g/mol. The molecule has 1 amide bonds. The molecule has 1 aliphatic rings. The van der Waals surface area contributed by atoms with Gasteiger partial charge in [0.25, 0.3) is 0 Å². The highest BCUT2D eigenvalue weighted by Gasteiger charge is 2.22. The molecule has 1 aromatic carbocycles. The minimum Gasteiger partial charge on any atom is -0.497 e. The molecule has 2 N–H and O–H groups in total. The van der Waals surface area contributed by atoms with Crippen LogP contribution in [-0.2, 0) is 4.79 Å². The number of halogens is 1. The van der Waals surface area contributed by atoms with Crippen LogP contribution >= 0.6 is 24.0 Å². The summed E-state index contributed by atoms with van der Waals surface area (Å²) in [6.45, 7) is 8.85. The van der Waals surface area contributed by atoms with Gasteiger partial charge in [-0.25, -0.2) is 4.99 Å². The molecule has 1 aromatic rings. The lowest BCUT2D eigenvalue weighted by Gasteiger charge is -2.33. The van der Waals surface area contributed by atoms with Gasteiger partial charge in [0.2, 0.25) is 5.91 Å². The van der Waals surface area contributed by atoms with E-state index in [1.165, 1.54) is 6.42 Å². The number of piperidine rings is 1. The highest BCUT2D eigenvalue weighted by atomic mass is 127. The Morgan fingerprint density at radius 2 is 2.07 bits per heavy atom. The van der Waals surface area contributed by atoms with Gasteiger partial charge < -0.3 is 25.0 Å². The fourth-order valence-electron chi connectivity index (χ4n) is 3.41. The van der Waals surface area contributed by atoms with Crippen molar-refractivity contribution in [3.63, 3.8) is 0 Å². The van der Waals surface area contributed by atoms with Crippen LogP contribution in [0.2, 0.25) is 0 Å². The van der Waals surface area contributed by atoms with Crippen molar-refractivity contribution in [2.24, 2.45) is 4.99 Å². The lowest BCUT2D eigenvalue weighted by molar-refractivity contribution is -0.134. The number of carbonyl (C=O) groups is 1. The van der Waals surface area contributed by atoms with Crippen molar-refractivity contribution < 1.29 is 14.3 Å². The number of methoxy groups -OCH3 is 1. The number of likely N-dealkylation sites (tertiary alicyclic amines) is 1. The Hall–Kier alpha value is -1.71. The van der Waals surface area contributed by atoms with Gasteiger partial charge in [0.05, 0.1) is 13.7 Å². The van der Waals surface area contributed by atoms with E-state index in [2.05, 4.69) is 22.5 Å². The zero-order chi connectivity index (χ0) is 21.1. The van der Waals surface area contributed by atoms with Gasteiger partial charge in [-0.3, -0.25) is 4.79 Å². The smallest absolute Gasteiger partial charge is 0.224 e. The Balaban J connectivity index is 0.00000450. The fraction of sp³-hybridized carbons (Fsp3) is 0.636. The molecule has 1 saturated heterocycles. The zero-order valence-electron chi connectivity index (χ0n) is 18.6. The van der Waals surface area contributed by atoms with E-state index in [9.17, 15) is 4.79 Å². The molecule has 0 radical (unpaired) electrons. The SMILES string of the molecule is CCNC(=NCC(C)Oc1cccc(OC)c1)NCCC(=O)N1CCCCC1C.I. The summed E-state index contributed by atoms with van der Waals surface area (Å²) in [6.07, 6.45) is 3.82. The van der Waals surface area contributed by atoms with Gasteiger partial charge in [-0.05, 0) is 52.2 Å². The Labute approximate surface area is 198 Å². The Morgan fingerprint density at radius 1 is 1.30 bits per heavy atom. The van der Waals surface area contributed by atoms with Crippen molar-refractivity contribution in [2.45, 2.75) is 58.6 Å². The summed E-state index contributed by atoms with van der Waals surface area (Å²) < 4.78 is 11.1. The maximum absolute atomic E-state index is 12.5. The fourth-order valence-corrected chi connectivity index (χ4v) is 3.41. The maximum atomic E-state index is 12.5. The molecule has 0 aromatic heterocycles. The predicted octanol–water partition coefficient (Wildman–Crippen LogP) is 3.43. The third-order valence-corrected chi connectivity index (χ3v) is 4.98. The van der Waals surface area contributed by atoms with E-state index < -0.39 is 0 Å². The van der Waals surface area contributed by atoms with E-state index in [0.717, 1.165) is 37.4 Å². The lowest BCUT2D eigenvalue weighted by atomic mass is 10.0. The van der Waals surface area contributed by atoms with Crippen molar-refractivity contribution in [2.75, 3.05) is 33.3 Å². The van der Waals surface area contributed by atoms with E-state index >= 15 is 0 Å². The first-order valence-corrected chi connectivity index (χ1v) is 10.7. The number of rotatable bonds is 9. The van der Waals surface area contributed by atoms with Crippen molar-refractivity contribution in [3.8, 4) is 11.5 Å². The largest absolute Gasteiger partial charge is 0.497 e. The number of nitrogens with one attached hydrogen (secondary N) is 2. The molecule has 8 heteroatoms. The molecular formula is C22H37IN4O3. The molecule has 1 fully saturated rings. The van der Waals surface area contributed by atoms with Crippen LogP contribution < -0.4 is 20.1 Å². The van der Waals surface area contributed by atoms with Crippen molar-refractivity contribution in [1.29, 1.82) is 0 Å². The van der Waals surface area contributed by atoms with Gasteiger partial charge in [-0.1, -0.05) is 6.07 Å². The highest BCUT2D eigenvalue weighted by Crippen LogP contribution is 2.20. The number of aliphatic imine (C=N–C) groups is 1. The van der Waals surface area contributed by atoms with Gasteiger partial charge in [0, 0.05) is 38.2 Å². The normalized spacial score (nSPS) is 17.5. The molecule has 1 aliphatic heterocycles. The predicted molar refractivity (Wildman–Crippen MR) is 132 cm³/mol. The monoisotopic (exact) mass is 532 g/mol. The van der Waals surface area contributed by atoms with Gasteiger partial charge in [-0.2, -0.15) is 0 Å². The Bertz CT molecular complexity index is 672. The Kier molecular flexibility index (Phi) is 12.6. The first kappa shape index (κ1) is 26.3. The second kappa shape index (κ2) is 14.3. The van der Waals surface area contributed by atoms with Crippen LogP contribution in [0.25, 0.3) is 0 Å². The number of amides is 1. The van der Waals surface area contributed by atoms with Gasteiger partial charge >= 0.3 is 0 Å². The number of hydrogen-bond donors (Lipinski definition) is 2. The molecule has 0 aliphatic carbocycles. The molecule has 2 rings (SSSR count). The van der Waals surface area contributed by atoms with E-state index in [1.807, 2.05) is 43.0 Å². The molecule has 30 heavy (non-hydrogen) atoms. The summed E-state index contributed by atoms with van der Waals surface area (Å²) in [5, 5.41) is 6.48. The van der Waals surface area contributed by atoms with Crippen LogP contribution in [0.4, 0.5) is 0 Å². The number of carbonyl (C=O) groups excluding carboxylic acids is 1. The molecule has 7 nitrogen and oxygen atoms in total. The second-order valence-corrected chi connectivity index (χ2v) is 7.44. The van der Waals surface area contributed by atoms with Crippen molar-refractivity contribution >= 4 is 35.8 Å². The standard InChI is InChI=1S/C22H36N4O3.HI/c1-5-23-22(24-13-12-21(27)26-14-7-6-9-17(26)2)25-16-18(3)29-20-11-8-10-19(15-20)28-4;/h8,10-11,15,17-18H,5-7,9,12-14,16H2,1-4H3,(H2,23,24,25);1H. The lowest BCUT2D eigenvalue weighted by Crippen LogP contribution is -2.44. The summed E-state index contributed by atoms with van der Waals surface area (Å²) in [4.78, 5) is 19.1. The molecule has 2 unspecified atom stereocenters. The minimum atomic E-state index is -0.0895. The molecule has 0 saturated carbocycles. The maximum Gasteiger partial charge on any atom is 0.224 e. The molecule has 2 atom stereocenters. The van der Waals surface area contributed by atoms with Crippen LogP contribution in [0.1, 0.15) is 46.5 Å². The van der Waals surface area contributed by atoms with Crippen LogP contribution in [0.5, 0.6) is 11.5 Å². The van der Waals surface area contributed by atoms with Crippen LogP contribution in [0.15, 0.2) is 29.3 Å². The average Bonchev–Trinajstić information content (AvgIpc) is 2.72. The zero-order valence-corrected chi connectivity index (χ0v) is 21.0. The molecule has 0 bridgehead atoms. The van der Waals surface area contributed by atoms with E-state index in [4.69, 9.17) is 9.47 Å². The summed E-state index contributed by atoms with van der Waals surface area (Å²) in [5.41, 5.74) is 0. The highest BCUT2D eigenvalue weighted by molar-refractivity contribution is 14.0. The van der Waals surface area contributed by atoms with Gasteiger partial charge in [-0.15, -0.1) is 24.0 Å². The number of guanidine groups is 1. The number of nitrogens with zero attached hydrogens (tertiary/aromatic N) is 2. The summed E-state index contributed by atoms with van der Waals surface area (Å²) in [6, 6.07) is 7.90. The third kappa shape index (κ3) is 8.97. The van der Waals surface area contributed by atoms with Gasteiger partial charge in [0.1, 0.15) is 17.6 Å². The van der Waals surface area contributed by atoms with E-state index in [-0.39, 0.29) is 36.0 Å². The summed E-state index contributed by atoms with van der Waals surface area (Å²) in [7, 11) is 1.64. The quantitative estimate of drug-likeness (QED) is 0.290. The summed E-state index contributed by atoms with van der Waals surface area (Å²) >= 11 is 0. The van der Waals surface area contributed by atoms with Crippen molar-refractivity contribution in [1.82, 2.24) is 15.5 Å². The molecule has 1 heterocycles. The first-order valence-electron chi connectivity index (χ1n) is 10.7. The number of hydrogen-bond acceptors (Lipinski definition) is 4. The average molecular weight is 532 g/mol. The second-order valence-electron chi connectivity index (χ2n) is 7.44. The number of benzene rings is 1. The minimum absolute atomic E-state index is 0. The Morgan fingerprint density at radius 3 is 2.77 bits per heavy atom. The first-order chi connectivity index (χ1) is 14.0. The summed E-state index contributed by atoms with van der Waals surface area (Å²) in [5.74, 6) is 2.44. The van der Waals surface area contributed by atoms with E-state index in [0.29, 0.717) is 31.5 Å². The third-order valence-electron chi connectivity index (χ3n) is 4.98.